The van der Waals surface area contributed by atoms with Gasteiger partial charge in [0, 0.05) is 10.2 Å². The minimum absolute atomic E-state index is 0.0182. The predicted octanol–water partition coefficient (Wildman–Crippen LogP) is 2.74. The van der Waals surface area contributed by atoms with Crippen molar-refractivity contribution in [1.82, 2.24) is 0 Å². The molecule has 0 heterocycles. The average Bonchev–Trinajstić information content (AvgIpc) is 2.08. The Morgan fingerprint density at radius 3 is 2.31 bits per heavy atom. The first kappa shape index (κ1) is 13.5. The summed E-state index contributed by atoms with van der Waals surface area (Å²) < 4.78 is 24.1. The standard InChI is InChI=1S/C11H16BrNO2S/c1-11(2,3)16(14,15)7-8-4-5-9(12)6-10(8)13/h4-6H,7,13H2,1-3H3. The van der Waals surface area contributed by atoms with Gasteiger partial charge in [-0.15, -0.1) is 0 Å². The maximum Gasteiger partial charge on any atom is 0.159 e. The van der Waals surface area contributed by atoms with Gasteiger partial charge in [0.05, 0.1) is 10.5 Å². The molecule has 0 atom stereocenters. The van der Waals surface area contributed by atoms with Crippen molar-refractivity contribution in [3.63, 3.8) is 0 Å². The highest BCUT2D eigenvalue weighted by Crippen LogP contribution is 2.25. The zero-order valence-electron chi connectivity index (χ0n) is 9.62. The number of rotatable bonds is 2. The van der Waals surface area contributed by atoms with E-state index in [-0.39, 0.29) is 5.75 Å². The summed E-state index contributed by atoms with van der Waals surface area (Å²) in [7, 11) is -3.18. The fourth-order valence-corrected chi connectivity index (χ4v) is 2.60. The predicted molar refractivity (Wildman–Crippen MR) is 70.9 cm³/mol. The minimum atomic E-state index is -3.18. The molecular weight excluding hydrogens is 290 g/mol. The van der Waals surface area contributed by atoms with Gasteiger partial charge in [0.2, 0.25) is 0 Å². The molecule has 1 aromatic carbocycles. The fraction of sp³-hybridized carbons (Fsp3) is 0.455. The molecule has 0 fully saturated rings. The van der Waals surface area contributed by atoms with E-state index in [1.165, 1.54) is 0 Å². The van der Waals surface area contributed by atoms with Gasteiger partial charge in [-0.3, -0.25) is 0 Å². The maximum atomic E-state index is 12.0. The van der Waals surface area contributed by atoms with Crippen LogP contribution in [0.4, 0.5) is 5.69 Å². The summed E-state index contributed by atoms with van der Waals surface area (Å²) in [5.74, 6) is -0.0182. The zero-order chi connectivity index (χ0) is 12.6. The number of nitrogens with two attached hydrogens (primary N) is 1. The normalized spacial score (nSPS) is 12.8. The van der Waals surface area contributed by atoms with Gasteiger partial charge >= 0.3 is 0 Å². The number of benzene rings is 1. The molecule has 2 N–H and O–H groups in total. The van der Waals surface area contributed by atoms with Gasteiger partial charge in [0.25, 0.3) is 0 Å². The van der Waals surface area contributed by atoms with Crippen molar-refractivity contribution < 1.29 is 8.42 Å². The van der Waals surface area contributed by atoms with E-state index in [1.807, 2.05) is 0 Å². The number of anilines is 1. The Kier molecular flexibility index (Phi) is 3.69. The summed E-state index contributed by atoms with van der Waals surface area (Å²) in [5.41, 5.74) is 6.93. The van der Waals surface area contributed by atoms with Gasteiger partial charge in [-0.2, -0.15) is 0 Å². The molecule has 1 rings (SSSR count). The molecule has 1 aromatic rings. The summed E-state index contributed by atoms with van der Waals surface area (Å²) in [6.07, 6.45) is 0. The molecule has 16 heavy (non-hydrogen) atoms. The Morgan fingerprint density at radius 1 is 1.31 bits per heavy atom. The molecule has 0 aliphatic carbocycles. The monoisotopic (exact) mass is 305 g/mol. The Morgan fingerprint density at radius 2 is 1.88 bits per heavy atom. The lowest BCUT2D eigenvalue weighted by Crippen LogP contribution is -2.29. The van der Waals surface area contributed by atoms with Crippen LogP contribution in [0, 0.1) is 0 Å². The molecule has 0 amide bonds. The minimum Gasteiger partial charge on any atom is -0.398 e. The maximum absolute atomic E-state index is 12.0. The van der Waals surface area contributed by atoms with Crippen LogP contribution in [0.2, 0.25) is 0 Å². The van der Waals surface area contributed by atoms with Crippen molar-refractivity contribution in [2.24, 2.45) is 0 Å². The van der Waals surface area contributed by atoms with Gasteiger partial charge in [-0.1, -0.05) is 22.0 Å². The first-order valence-corrected chi connectivity index (χ1v) is 7.34. The van der Waals surface area contributed by atoms with Crippen molar-refractivity contribution in [2.45, 2.75) is 31.3 Å². The molecule has 0 unspecified atom stereocenters. The largest absolute Gasteiger partial charge is 0.398 e. The summed E-state index contributed by atoms with van der Waals surface area (Å²) in [6, 6.07) is 5.25. The smallest absolute Gasteiger partial charge is 0.159 e. The van der Waals surface area contributed by atoms with Crippen molar-refractivity contribution >= 4 is 31.5 Å². The highest BCUT2D eigenvalue weighted by Gasteiger charge is 2.29. The molecule has 0 aliphatic rings. The van der Waals surface area contributed by atoms with Crippen LogP contribution in [0.15, 0.2) is 22.7 Å². The number of hydrogen-bond donors (Lipinski definition) is 1. The molecule has 0 saturated carbocycles. The molecular formula is C11H16BrNO2S. The van der Waals surface area contributed by atoms with E-state index in [2.05, 4.69) is 15.9 Å². The number of halogens is 1. The second-order valence-electron chi connectivity index (χ2n) is 4.71. The van der Waals surface area contributed by atoms with E-state index in [0.29, 0.717) is 11.3 Å². The summed E-state index contributed by atoms with van der Waals surface area (Å²) in [5, 5.41) is 0. The molecule has 5 heteroatoms. The van der Waals surface area contributed by atoms with Crippen LogP contribution in [0.1, 0.15) is 26.3 Å². The topological polar surface area (TPSA) is 60.2 Å². The van der Waals surface area contributed by atoms with Gasteiger partial charge in [-0.25, -0.2) is 8.42 Å². The van der Waals surface area contributed by atoms with Gasteiger partial charge in [0.1, 0.15) is 0 Å². The van der Waals surface area contributed by atoms with Crippen molar-refractivity contribution in [3.8, 4) is 0 Å². The van der Waals surface area contributed by atoms with Gasteiger partial charge in [0.15, 0.2) is 9.84 Å². The summed E-state index contributed by atoms with van der Waals surface area (Å²) >= 11 is 3.29. The SMILES string of the molecule is CC(C)(C)S(=O)(=O)Cc1ccc(Br)cc1N. The fourth-order valence-electron chi connectivity index (χ4n) is 1.12. The lowest BCUT2D eigenvalue weighted by Gasteiger charge is -2.19. The first-order chi connectivity index (χ1) is 7.13. The van der Waals surface area contributed by atoms with Crippen LogP contribution < -0.4 is 5.73 Å². The second-order valence-corrected chi connectivity index (χ2v) is 8.37. The van der Waals surface area contributed by atoms with E-state index in [0.717, 1.165) is 4.47 Å². The third-order valence-corrected chi connectivity index (χ3v) is 5.44. The van der Waals surface area contributed by atoms with Crippen molar-refractivity contribution in [2.75, 3.05) is 5.73 Å². The van der Waals surface area contributed by atoms with Crippen molar-refractivity contribution in [1.29, 1.82) is 0 Å². The second kappa shape index (κ2) is 4.37. The van der Waals surface area contributed by atoms with Crippen LogP contribution in [-0.4, -0.2) is 13.2 Å². The lowest BCUT2D eigenvalue weighted by atomic mass is 10.2. The molecule has 0 aromatic heterocycles. The van der Waals surface area contributed by atoms with Crippen LogP contribution in [-0.2, 0) is 15.6 Å². The van der Waals surface area contributed by atoms with Crippen LogP contribution in [0.5, 0.6) is 0 Å². The van der Waals surface area contributed by atoms with Crippen LogP contribution in [0.3, 0.4) is 0 Å². The average molecular weight is 306 g/mol. The third-order valence-electron chi connectivity index (χ3n) is 2.39. The van der Waals surface area contributed by atoms with Gasteiger partial charge in [-0.05, 0) is 38.5 Å². The number of sulfone groups is 1. The summed E-state index contributed by atoms with van der Waals surface area (Å²) in [6.45, 7) is 5.08. The van der Waals surface area contributed by atoms with E-state index in [9.17, 15) is 8.42 Å². The van der Waals surface area contributed by atoms with Crippen LogP contribution in [0.25, 0.3) is 0 Å². The Balaban J connectivity index is 3.07. The van der Waals surface area contributed by atoms with Crippen LogP contribution >= 0.6 is 15.9 Å². The quantitative estimate of drug-likeness (QED) is 0.855. The number of hydrogen-bond acceptors (Lipinski definition) is 3. The zero-order valence-corrected chi connectivity index (χ0v) is 12.0. The molecule has 0 saturated heterocycles. The summed E-state index contributed by atoms with van der Waals surface area (Å²) in [4.78, 5) is 0. The molecule has 0 aliphatic heterocycles. The highest BCUT2D eigenvalue weighted by atomic mass is 79.9. The molecule has 0 bridgehead atoms. The first-order valence-electron chi connectivity index (χ1n) is 4.90. The van der Waals surface area contributed by atoms with E-state index >= 15 is 0 Å². The molecule has 0 spiro atoms. The van der Waals surface area contributed by atoms with E-state index in [4.69, 9.17) is 5.73 Å². The van der Waals surface area contributed by atoms with Gasteiger partial charge < -0.3 is 5.73 Å². The molecule has 0 radical (unpaired) electrons. The Labute approximate surface area is 105 Å². The third kappa shape index (κ3) is 2.98. The molecule has 3 nitrogen and oxygen atoms in total. The van der Waals surface area contributed by atoms with E-state index < -0.39 is 14.6 Å². The van der Waals surface area contributed by atoms with Crippen molar-refractivity contribution in [3.05, 3.63) is 28.2 Å². The Bertz CT molecular complexity index is 489. The lowest BCUT2D eigenvalue weighted by molar-refractivity contribution is 0.559. The number of nitrogen functional groups attached to an aromatic ring is 1. The highest BCUT2D eigenvalue weighted by molar-refractivity contribution is 9.10. The van der Waals surface area contributed by atoms with E-state index in [1.54, 1.807) is 39.0 Å². The Hall–Kier alpha value is -0.550. The molecule has 90 valence electrons.